The van der Waals surface area contributed by atoms with Crippen LogP contribution in [0.1, 0.15) is 5.89 Å². The number of thiazole rings is 1. The molecule has 0 N–H and O–H groups in total. The van der Waals surface area contributed by atoms with Gasteiger partial charge in [-0.25, -0.2) is 9.97 Å². The quantitative estimate of drug-likeness (QED) is 0.729. The highest BCUT2D eigenvalue weighted by atomic mass is 32.1. The minimum absolute atomic E-state index is 0.611. The summed E-state index contributed by atoms with van der Waals surface area (Å²) in [6.45, 7) is 0.611. The Kier molecular flexibility index (Phi) is 3.29. The fourth-order valence-electron chi connectivity index (χ4n) is 1.79. The van der Waals surface area contributed by atoms with Crippen molar-refractivity contribution >= 4 is 16.5 Å². The molecule has 0 fully saturated rings. The zero-order valence-corrected chi connectivity index (χ0v) is 11.3. The van der Waals surface area contributed by atoms with Gasteiger partial charge in [-0.2, -0.15) is 0 Å². The molecule has 4 nitrogen and oxygen atoms in total. The number of nitrogens with zero attached hydrogens (tertiary/aromatic N) is 3. The molecule has 19 heavy (non-hydrogen) atoms. The largest absolute Gasteiger partial charge is 0.439 e. The minimum atomic E-state index is 0.611. The molecule has 0 aliphatic heterocycles. The number of hydrogen-bond acceptors (Lipinski definition) is 5. The molecule has 0 spiro atoms. The Bertz CT molecular complexity index is 634. The Balaban J connectivity index is 1.75. The molecule has 3 rings (SSSR count). The van der Waals surface area contributed by atoms with Gasteiger partial charge in [0.1, 0.15) is 0 Å². The van der Waals surface area contributed by atoms with E-state index in [1.54, 1.807) is 23.7 Å². The summed E-state index contributed by atoms with van der Waals surface area (Å²) in [7, 11) is 1.98. The van der Waals surface area contributed by atoms with E-state index in [0.29, 0.717) is 12.4 Å². The average Bonchev–Trinajstić information content (AvgIpc) is 3.11. The van der Waals surface area contributed by atoms with Crippen LogP contribution < -0.4 is 4.90 Å². The van der Waals surface area contributed by atoms with Crippen molar-refractivity contribution in [2.75, 3.05) is 11.9 Å². The van der Waals surface area contributed by atoms with Crippen LogP contribution in [0.25, 0.3) is 11.3 Å². The lowest BCUT2D eigenvalue weighted by atomic mass is 10.2. The monoisotopic (exact) mass is 271 g/mol. The highest BCUT2D eigenvalue weighted by Crippen LogP contribution is 2.22. The van der Waals surface area contributed by atoms with Crippen molar-refractivity contribution in [3.63, 3.8) is 0 Å². The molecule has 0 radical (unpaired) electrons. The maximum Gasteiger partial charge on any atom is 0.214 e. The van der Waals surface area contributed by atoms with Crippen molar-refractivity contribution in [2.45, 2.75) is 6.54 Å². The fraction of sp³-hybridized carbons (Fsp3) is 0.143. The molecule has 0 unspecified atom stereocenters. The van der Waals surface area contributed by atoms with E-state index in [-0.39, 0.29) is 0 Å². The Morgan fingerprint density at radius 1 is 1.21 bits per heavy atom. The van der Waals surface area contributed by atoms with Crippen LogP contribution in [-0.2, 0) is 6.54 Å². The van der Waals surface area contributed by atoms with Gasteiger partial charge in [0.15, 0.2) is 10.9 Å². The van der Waals surface area contributed by atoms with Crippen LogP contribution in [0.5, 0.6) is 0 Å². The lowest BCUT2D eigenvalue weighted by Crippen LogP contribution is -2.16. The summed E-state index contributed by atoms with van der Waals surface area (Å²) in [5, 5.41) is 2.91. The van der Waals surface area contributed by atoms with E-state index >= 15 is 0 Å². The van der Waals surface area contributed by atoms with Crippen molar-refractivity contribution in [1.29, 1.82) is 0 Å². The molecule has 2 heterocycles. The molecule has 0 saturated carbocycles. The zero-order valence-electron chi connectivity index (χ0n) is 10.5. The van der Waals surface area contributed by atoms with Crippen molar-refractivity contribution in [3.8, 4) is 11.3 Å². The standard InChI is InChI=1S/C14H13N3OS/c1-17(14-15-7-8-19-14)10-13-16-9-12(18-13)11-5-3-2-4-6-11/h2-9H,10H2,1H3. The Hall–Kier alpha value is -2.14. The second-order valence-corrected chi connectivity index (χ2v) is 5.03. The van der Waals surface area contributed by atoms with Gasteiger partial charge in [0.2, 0.25) is 5.89 Å². The molecule has 2 aromatic heterocycles. The minimum Gasteiger partial charge on any atom is -0.439 e. The molecule has 5 heteroatoms. The van der Waals surface area contributed by atoms with Gasteiger partial charge in [-0.05, 0) is 0 Å². The second kappa shape index (κ2) is 5.24. The van der Waals surface area contributed by atoms with E-state index in [1.165, 1.54) is 0 Å². The first-order valence-electron chi connectivity index (χ1n) is 5.93. The molecule has 1 aromatic carbocycles. The summed E-state index contributed by atoms with van der Waals surface area (Å²) in [5.41, 5.74) is 1.04. The Labute approximate surface area is 115 Å². The van der Waals surface area contributed by atoms with Crippen molar-refractivity contribution in [3.05, 3.63) is 54.0 Å². The molecule has 0 saturated heterocycles. The highest BCUT2D eigenvalue weighted by molar-refractivity contribution is 7.13. The van der Waals surface area contributed by atoms with Gasteiger partial charge >= 0.3 is 0 Å². The predicted molar refractivity (Wildman–Crippen MR) is 76.2 cm³/mol. The smallest absolute Gasteiger partial charge is 0.214 e. The highest BCUT2D eigenvalue weighted by Gasteiger charge is 2.10. The number of hydrogen-bond donors (Lipinski definition) is 0. The number of aromatic nitrogens is 2. The third kappa shape index (κ3) is 2.66. The van der Waals surface area contributed by atoms with E-state index in [4.69, 9.17) is 4.42 Å². The number of oxazole rings is 1. The topological polar surface area (TPSA) is 42.2 Å². The Morgan fingerprint density at radius 2 is 2.05 bits per heavy atom. The fourth-order valence-corrected chi connectivity index (χ4v) is 2.40. The van der Waals surface area contributed by atoms with Crippen LogP contribution in [-0.4, -0.2) is 17.0 Å². The van der Waals surface area contributed by atoms with Crippen molar-refractivity contribution in [2.24, 2.45) is 0 Å². The average molecular weight is 271 g/mol. The molecule has 0 atom stereocenters. The van der Waals surface area contributed by atoms with E-state index in [2.05, 4.69) is 9.97 Å². The van der Waals surface area contributed by atoms with Gasteiger partial charge in [0, 0.05) is 24.2 Å². The first kappa shape index (κ1) is 11.9. The zero-order chi connectivity index (χ0) is 13.1. The Morgan fingerprint density at radius 3 is 2.79 bits per heavy atom. The summed E-state index contributed by atoms with van der Waals surface area (Å²) in [6.07, 6.45) is 3.56. The van der Waals surface area contributed by atoms with Gasteiger partial charge in [-0.3, -0.25) is 0 Å². The van der Waals surface area contributed by atoms with Crippen LogP contribution in [0.2, 0.25) is 0 Å². The molecular formula is C14H13N3OS. The number of rotatable bonds is 4. The number of anilines is 1. The van der Waals surface area contributed by atoms with Crippen molar-refractivity contribution < 1.29 is 4.42 Å². The van der Waals surface area contributed by atoms with Crippen LogP contribution in [0.15, 0.2) is 52.5 Å². The molecule has 96 valence electrons. The molecule has 3 aromatic rings. The van der Waals surface area contributed by atoms with Crippen LogP contribution in [0.4, 0.5) is 5.13 Å². The van der Waals surface area contributed by atoms with Crippen molar-refractivity contribution in [1.82, 2.24) is 9.97 Å². The summed E-state index contributed by atoms with van der Waals surface area (Å²) in [6, 6.07) is 9.97. The normalized spacial score (nSPS) is 10.6. The predicted octanol–water partition coefficient (Wildman–Crippen LogP) is 3.43. The molecule has 0 bridgehead atoms. The molecule has 0 amide bonds. The number of benzene rings is 1. The van der Waals surface area contributed by atoms with E-state index in [1.807, 2.05) is 47.7 Å². The maximum atomic E-state index is 5.76. The van der Waals surface area contributed by atoms with Gasteiger partial charge in [-0.1, -0.05) is 30.3 Å². The van der Waals surface area contributed by atoms with Crippen LogP contribution >= 0.6 is 11.3 Å². The summed E-state index contributed by atoms with van der Waals surface area (Å²) < 4.78 is 5.76. The van der Waals surface area contributed by atoms with E-state index < -0.39 is 0 Å². The maximum absolute atomic E-state index is 5.76. The SMILES string of the molecule is CN(Cc1ncc(-c2ccccc2)o1)c1nccs1. The van der Waals surface area contributed by atoms with E-state index in [0.717, 1.165) is 16.5 Å². The summed E-state index contributed by atoms with van der Waals surface area (Å²) in [5.74, 6) is 1.49. The second-order valence-electron chi connectivity index (χ2n) is 4.16. The first-order chi connectivity index (χ1) is 9.33. The third-order valence-corrected chi connectivity index (χ3v) is 3.62. The van der Waals surface area contributed by atoms with Gasteiger partial charge in [-0.15, -0.1) is 11.3 Å². The van der Waals surface area contributed by atoms with E-state index in [9.17, 15) is 0 Å². The first-order valence-corrected chi connectivity index (χ1v) is 6.81. The molecule has 0 aliphatic carbocycles. The van der Waals surface area contributed by atoms with Crippen LogP contribution in [0, 0.1) is 0 Å². The summed E-state index contributed by atoms with van der Waals surface area (Å²) in [4.78, 5) is 10.6. The van der Waals surface area contributed by atoms with Gasteiger partial charge in [0.05, 0.1) is 12.7 Å². The molecule has 0 aliphatic rings. The third-order valence-electron chi connectivity index (χ3n) is 2.73. The lowest BCUT2D eigenvalue weighted by Gasteiger charge is -2.12. The van der Waals surface area contributed by atoms with Crippen LogP contribution in [0.3, 0.4) is 0 Å². The molecular weight excluding hydrogens is 258 g/mol. The summed E-state index contributed by atoms with van der Waals surface area (Å²) >= 11 is 1.60. The van der Waals surface area contributed by atoms with Gasteiger partial charge < -0.3 is 9.32 Å². The van der Waals surface area contributed by atoms with Gasteiger partial charge in [0.25, 0.3) is 0 Å². The lowest BCUT2D eigenvalue weighted by molar-refractivity contribution is 0.504.